The lowest BCUT2D eigenvalue weighted by Gasteiger charge is -2.24. The van der Waals surface area contributed by atoms with Crippen LogP contribution in [0, 0.1) is 12.7 Å². The molecule has 0 unspecified atom stereocenters. The van der Waals surface area contributed by atoms with Crippen LogP contribution >= 0.6 is 0 Å². The smallest absolute Gasteiger partial charge is 0.322 e. The number of hydrogen-bond donors (Lipinski definition) is 2. The third-order valence-electron chi connectivity index (χ3n) is 5.97. The Hall–Kier alpha value is -4.13. The van der Waals surface area contributed by atoms with Crippen LogP contribution in [0.15, 0.2) is 72.9 Å². The predicted octanol–water partition coefficient (Wildman–Crippen LogP) is 6.33. The number of hydrogen-bond acceptors (Lipinski definition) is 3. The molecular weight excluding hydrogens is 443 g/mol. The molecule has 6 nitrogen and oxygen atoms in total. The summed E-state index contributed by atoms with van der Waals surface area (Å²) in [5.41, 5.74) is 5.80. The number of nitrogens with one attached hydrogen (secondary N) is 2. The number of aromatic nitrogens is 2. The van der Waals surface area contributed by atoms with Crippen LogP contribution in [0.5, 0.6) is 5.75 Å². The molecule has 2 N–H and O–H groups in total. The van der Waals surface area contributed by atoms with Gasteiger partial charge in [0.1, 0.15) is 11.6 Å². The maximum absolute atomic E-state index is 14.1. The Labute approximate surface area is 204 Å². The lowest BCUT2D eigenvalue weighted by Crippen LogP contribution is -2.34. The first-order valence-corrected chi connectivity index (χ1v) is 11.5. The summed E-state index contributed by atoms with van der Waals surface area (Å²) in [6.07, 6.45) is 2.68. The van der Waals surface area contributed by atoms with Gasteiger partial charge in [-0.25, -0.2) is 9.18 Å². The summed E-state index contributed by atoms with van der Waals surface area (Å²) in [6, 6.07) is 20.2. The molecule has 4 rings (SSSR count). The van der Waals surface area contributed by atoms with Crippen LogP contribution in [0.25, 0.3) is 11.3 Å². The van der Waals surface area contributed by atoms with Crippen molar-refractivity contribution in [1.29, 1.82) is 0 Å². The molecule has 1 aromatic heterocycles. The third-order valence-corrected chi connectivity index (χ3v) is 5.97. The zero-order valence-electron chi connectivity index (χ0n) is 20.1. The number of amides is 2. The van der Waals surface area contributed by atoms with Gasteiger partial charge in [-0.15, -0.1) is 0 Å². The molecule has 0 atom stereocenters. The number of nitrogens with zero attached hydrogens (tertiary/aromatic N) is 2. The fourth-order valence-electron chi connectivity index (χ4n) is 3.82. The Morgan fingerprint density at radius 1 is 1.03 bits per heavy atom. The highest BCUT2D eigenvalue weighted by atomic mass is 19.1. The summed E-state index contributed by atoms with van der Waals surface area (Å²) in [5, 5.41) is 10.1. The Kier molecular flexibility index (Phi) is 7.45. The number of aromatic amines is 1. The summed E-state index contributed by atoms with van der Waals surface area (Å²) in [7, 11) is 1.63. The Balaban J connectivity index is 1.60. The van der Waals surface area contributed by atoms with E-state index in [0.717, 1.165) is 34.6 Å². The second kappa shape index (κ2) is 10.9. The maximum atomic E-state index is 14.1. The number of methoxy groups -OCH3 is 1. The minimum atomic E-state index is -0.360. The number of halogens is 1. The zero-order valence-corrected chi connectivity index (χ0v) is 20.1. The lowest BCUT2D eigenvalue weighted by molar-refractivity contribution is 0.206. The number of anilines is 1. The molecule has 0 fully saturated rings. The number of ether oxygens (including phenoxy) is 1. The van der Waals surface area contributed by atoms with E-state index >= 15 is 0 Å². The van der Waals surface area contributed by atoms with Crippen LogP contribution in [-0.2, 0) is 19.5 Å². The number of carbonyl (C=O) groups excluding carboxylic acids is 1. The number of aryl methyl sites for hydroxylation is 2. The number of rotatable bonds is 8. The highest BCUT2D eigenvalue weighted by Crippen LogP contribution is 2.26. The minimum absolute atomic E-state index is 0.313. The highest BCUT2D eigenvalue weighted by molar-refractivity contribution is 5.89. The maximum Gasteiger partial charge on any atom is 0.322 e. The monoisotopic (exact) mass is 472 g/mol. The highest BCUT2D eigenvalue weighted by Gasteiger charge is 2.19. The molecule has 0 saturated heterocycles. The minimum Gasteiger partial charge on any atom is -0.497 e. The van der Waals surface area contributed by atoms with Crippen LogP contribution in [0.2, 0.25) is 0 Å². The molecule has 180 valence electrons. The average molecular weight is 473 g/mol. The fraction of sp³-hybridized carbons (Fsp3) is 0.214. The Morgan fingerprint density at radius 3 is 2.40 bits per heavy atom. The van der Waals surface area contributed by atoms with E-state index in [2.05, 4.69) is 34.6 Å². The van der Waals surface area contributed by atoms with E-state index in [-0.39, 0.29) is 11.8 Å². The summed E-state index contributed by atoms with van der Waals surface area (Å²) in [5.74, 6) is 0.401. The number of urea groups is 1. The van der Waals surface area contributed by atoms with E-state index in [1.54, 1.807) is 37.3 Å². The van der Waals surface area contributed by atoms with Crippen molar-refractivity contribution in [2.24, 2.45) is 0 Å². The molecule has 1 heterocycles. The molecule has 7 heteroatoms. The second-order valence-corrected chi connectivity index (χ2v) is 8.42. The summed E-state index contributed by atoms with van der Waals surface area (Å²) in [4.78, 5) is 15.0. The normalized spacial score (nSPS) is 10.7. The SMILES string of the molecule is CCc1ccc(CN(Cc2cn[nH]c2-c2ccc(OC)cc2)C(=O)Nc2ccc(C)c(F)c2)cc1. The van der Waals surface area contributed by atoms with Gasteiger partial charge in [-0.1, -0.05) is 37.3 Å². The molecule has 0 aliphatic rings. The quantitative estimate of drug-likeness (QED) is 0.315. The van der Waals surface area contributed by atoms with E-state index in [1.165, 1.54) is 11.6 Å². The van der Waals surface area contributed by atoms with Gasteiger partial charge in [0, 0.05) is 23.4 Å². The average Bonchev–Trinajstić information content (AvgIpc) is 3.34. The molecule has 0 aliphatic carbocycles. The first kappa shape index (κ1) is 24.0. The van der Waals surface area contributed by atoms with E-state index in [9.17, 15) is 9.18 Å². The predicted molar refractivity (Wildman–Crippen MR) is 136 cm³/mol. The number of benzene rings is 3. The first-order valence-electron chi connectivity index (χ1n) is 11.5. The standard InChI is InChI=1S/C28H29FN4O2/c1-4-20-6-8-21(9-7-20)17-33(28(34)31-24-12-5-19(2)26(29)15-24)18-23-16-30-32-27(23)22-10-13-25(35-3)14-11-22/h5-16H,4,17-18H2,1-3H3,(H,30,32)(H,31,34). The topological polar surface area (TPSA) is 70.2 Å². The van der Waals surface area contributed by atoms with Crippen LogP contribution in [0.3, 0.4) is 0 Å². The molecule has 3 aromatic carbocycles. The number of H-pyrrole nitrogens is 1. The molecule has 0 aliphatic heterocycles. The fourth-order valence-corrected chi connectivity index (χ4v) is 3.82. The molecule has 0 saturated carbocycles. The van der Waals surface area contributed by atoms with Gasteiger partial charge in [0.25, 0.3) is 0 Å². The van der Waals surface area contributed by atoms with Gasteiger partial charge < -0.3 is 15.0 Å². The molecule has 4 aromatic rings. The largest absolute Gasteiger partial charge is 0.497 e. The molecule has 2 amide bonds. The third kappa shape index (κ3) is 5.87. The van der Waals surface area contributed by atoms with Crippen molar-refractivity contribution in [2.75, 3.05) is 12.4 Å². The molecule has 0 spiro atoms. The molecular formula is C28H29FN4O2. The van der Waals surface area contributed by atoms with Crippen molar-refractivity contribution in [3.8, 4) is 17.0 Å². The van der Waals surface area contributed by atoms with Gasteiger partial charge in [0.05, 0.1) is 25.5 Å². The van der Waals surface area contributed by atoms with E-state index in [0.29, 0.717) is 24.3 Å². The van der Waals surface area contributed by atoms with Crippen molar-refractivity contribution >= 4 is 11.7 Å². The van der Waals surface area contributed by atoms with Crippen molar-refractivity contribution in [1.82, 2.24) is 15.1 Å². The van der Waals surface area contributed by atoms with Crippen molar-refractivity contribution < 1.29 is 13.9 Å². The summed E-state index contributed by atoms with van der Waals surface area (Å²) < 4.78 is 19.3. The zero-order chi connectivity index (χ0) is 24.8. The lowest BCUT2D eigenvalue weighted by atomic mass is 10.1. The van der Waals surface area contributed by atoms with Gasteiger partial charge in [-0.05, 0) is 66.4 Å². The Bertz CT molecular complexity index is 1280. The van der Waals surface area contributed by atoms with Gasteiger partial charge in [-0.2, -0.15) is 5.10 Å². The summed E-state index contributed by atoms with van der Waals surface area (Å²) >= 11 is 0. The van der Waals surface area contributed by atoms with Crippen molar-refractivity contribution in [3.05, 3.63) is 101 Å². The van der Waals surface area contributed by atoms with E-state index in [4.69, 9.17) is 4.74 Å². The summed E-state index contributed by atoms with van der Waals surface area (Å²) in [6.45, 7) is 4.49. The van der Waals surface area contributed by atoms with Gasteiger partial charge in [0.2, 0.25) is 0 Å². The molecule has 0 bridgehead atoms. The van der Waals surface area contributed by atoms with Crippen molar-refractivity contribution in [3.63, 3.8) is 0 Å². The van der Waals surface area contributed by atoms with Crippen LogP contribution in [0.4, 0.5) is 14.9 Å². The van der Waals surface area contributed by atoms with Crippen molar-refractivity contribution in [2.45, 2.75) is 33.4 Å². The molecule has 35 heavy (non-hydrogen) atoms. The second-order valence-electron chi connectivity index (χ2n) is 8.42. The Morgan fingerprint density at radius 2 is 1.74 bits per heavy atom. The van der Waals surface area contributed by atoms with E-state index < -0.39 is 0 Å². The van der Waals surface area contributed by atoms with Gasteiger partial charge in [-0.3, -0.25) is 5.10 Å². The first-order chi connectivity index (χ1) is 17.0. The van der Waals surface area contributed by atoms with Crippen LogP contribution < -0.4 is 10.1 Å². The molecule has 0 radical (unpaired) electrons. The number of carbonyl (C=O) groups is 1. The van der Waals surface area contributed by atoms with Gasteiger partial charge in [0.15, 0.2) is 0 Å². The van der Waals surface area contributed by atoms with Gasteiger partial charge >= 0.3 is 6.03 Å². The van der Waals surface area contributed by atoms with E-state index in [1.807, 2.05) is 36.4 Å². The van der Waals surface area contributed by atoms with Crippen LogP contribution in [-0.4, -0.2) is 28.2 Å². The van der Waals surface area contributed by atoms with Crippen LogP contribution in [0.1, 0.15) is 29.2 Å².